The molecular formula is C18H28ClO4P2Rh-. The van der Waals surface area contributed by atoms with Crippen LogP contribution in [0.25, 0.3) is 0 Å². The quantitative estimate of drug-likeness (QED) is 0.424. The van der Waals surface area contributed by atoms with Gasteiger partial charge >= 0.3 is 0 Å². The van der Waals surface area contributed by atoms with Crippen LogP contribution in [0, 0.1) is 10.2 Å². The molecule has 26 heavy (non-hydrogen) atoms. The molecule has 0 bridgehead atoms. The Morgan fingerprint density at radius 3 is 1.15 bits per heavy atom. The average Bonchev–Trinajstić information content (AvgIpc) is 3.00. The fourth-order valence-electron chi connectivity index (χ4n) is 4.24. The van der Waals surface area contributed by atoms with Crippen LogP contribution in [0.4, 0.5) is 0 Å². The molecule has 0 spiro atoms. The van der Waals surface area contributed by atoms with E-state index in [1.165, 1.54) is 25.7 Å². The Morgan fingerprint density at radius 1 is 0.692 bits per heavy atom. The molecule has 8 heteroatoms. The van der Waals surface area contributed by atoms with Gasteiger partial charge in [-0.25, -0.2) is 18.6 Å². The van der Waals surface area contributed by atoms with Crippen LogP contribution in [0.15, 0.2) is 24.3 Å². The van der Waals surface area contributed by atoms with Crippen molar-refractivity contribution in [2.75, 3.05) is 0 Å². The van der Waals surface area contributed by atoms with Crippen LogP contribution in [0.3, 0.4) is 0 Å². The molecule has 3 rings (SSSR count). The minimum Gasteiger partial charge on any atom is -0.222 e. The Balaban J connectivity index is 0.000000501. The van der Waals surface area contributed by atoms with Crippen molar-refractivity contribution in [2.24, 2.45) is 0 Å². The van der Waals surface area contributed by atoms with Crippen LogP contribution in [-0.2, 0) is 19.5 Å². The van der Waals surface area contributed by atoms with Gasteiger partial charge < -0.3 is 0 Å². The van der Waals surface area contributed by atoms with Crippen LogP contribution < -0.4 is 29.2 Å². The van der Waals surface area contributed by atoms with Gasteiger partial charge in [0.15, 0.2) is 0 Å². The Hall–Kier alpha value is 0.833. The van der Waals surface area contributed by atoms with Crippen LogP contribution in [0.2, 0.25) is 0 Å². The SMILES string of the molecule is C[C@H]1CC[C@H](C)P1c1ccccc1P1[C@@H](C)CC[C@@H]1C.[O-][Cl+3]([O-])([O-])[O-].[Rh]. The van der Waals surface area contributed by atoms with Crippen molar-refractivity contribution >= 4 is 26.5 Å². The molecule has 4 atom stereocenters. The fourth-order valence-corrected chi connectivity index (χ4v) is 11.5. The van der Waals surface area contributed by atoms with Gasteiger partial charge in [-0.3, -0.25) is 0 Å². The third-order valence-corrected chi connectivity index (χ3v) is 12.2. The van der Waals surface area contributed by atoms with Gasteiger partial charge in [-0.05, 0) is 58.9 Å². The molecule has 2 aliphatic heterocycles. The molecule has 2 saturated heterocycles. The maximum absolute atomic E-state index is 8.49. The summed E-state index contributed by atoms with van der Waals surface area (Å²) in [6, 6.07) is 9.55. The van der Waals surface area contributed by atoms with Gasteiger partial charge in [0.25, 0.3) is 0 Å². The van der Waals surface area contributed by atoms with Gasteiger partial charge in [-0.15, -0.1) is 10.2 Å². The molecule has 151 valence electrons. The van der Waals surface area contributed by atoms with E-state index in [4.69, 9.17) is 18.6 Å². The average molecular weight is 509 g/mol. The molecule has 0 saturated carbocycles. The van der Waals surface area contributed by atoms with Crippen LogP contribution in [0.1, 0.15) is 53.4 Å². The van der Waals surface area contributed by atoms with Crippen LogP contribution in [0.5, 0.6) is 0 Å². The van der Waals surface area contributed by atoms with Crippen LogP contribution in [-0.4, -0.2) is 22.6 Å². The summed E-state index contributed by atoms with van der Waals surface area (Å²) in [5.74, 6) is 0. The monoisotopic (exact) mass is 508 g/mol. The summed E-state index contributed by atoms with van der Waals surface area (Å²) in [6.45, 7) is 10.0. The first-order chi connectivity index (χ1) is 11.6. The van der Waals surface area contributed by atoms with Crippen LogP contribution >= 0.6 is 15.8 Å². The van der Waals surface area contributed by atoms with Gasteiger partial charge in [0, 0.05) is 19.5 Å². The van der Waals surface area contributed by atoms with Gasteiger partial charge in [-0.1, -0.05) is 67.8 Å². The predicted octanol–water partition coefficient (Wildman–Crippen LogP) is 0.284. The molecule has 0 aromatic heterocycles. The van der Waals surface area contributed by atoms with E-state index in [1.54, 1.807) is 10.6 Å². The Bertz CT molecular complexity index is 503. The summed E-state index contributed by atoms with van der Waals surface area (Å²) in [4.78, 5) is 0. The molecule has 1 aromatic rings. The van der Waals surface area contributed by atoms with Crippen molar-refractivity contribution in [3.05, 3.63) is 24.3 Å². The Morgan fingerprint density at radius 2 is 0.923 bits per heavy atom. The summed E-state index contributed by atoms with van der Waals surface area (Å²) in [7, 11) is -4.79. The first kappa shape index (κ1) is 24.9. The van der Waals surface area contributed by atoms with Gasteiger partial charge in [-0.2, -0.15) is 0 Å². The zero-order valence-electron chi connectivity index (χ0n) is 15.7. The van der Waals surface area contributed by atoms with E-state index in [-0.39, 0.29) is 35.3 Å². The number of hydrogen-bond donors (Lipinski definition) is 0. The molecule has 1 aromatic carbocycles. The molecule has 2 heterocycles. The second kappa shape index (κ2) is 10.6. The molecule has 0 aliphatic carbocycles. The minimum atomic E-state index is -4.94. The van der Waals surface area contributed by atoms with E-state index >= 15 is 0 Å². The first-order valence-electron chi connectivity index (χ1n) is 8.87. The van der Waals surface area contributed by atoms with E-state index in [0.717, 1.165) is 22.6 Å². The molecule has 0 amide bonds. The maximum Gasteiger partial charge on any atom is 0 e. The Kier molecular flexibility index (Phi) is 10.1. The topological polar surface area (TPSA) is 92.2 Å². The number of rotatable bonds is 2. The third-order valence-electron chi connectivity index (χ3n) is 5.34. The van der Waals surface area contributed by atoms with E-state index in [2.05, 4.69) is 52.0 Å². The zero-order valence-corrected chi connectivity index (χ0v) is 19.9. The Labute approximate surface area is 174 Å². The second-order valence-electron chi connectivity index (χ2n) is 7.23. The van der Waals surface area contributed by atoms with Crippen molar-refractivity contribution in [1.82, 2.24) is 0 Å². The van der Waals surface area contributed by atoms with E-state index in [0.29, 0.717) is 0 Å². The van der Waals surface area contributed by atoms with Crippen molar-refractivity contribution in [3.8, 4) is 0 Å². The second-order valence-corrected chi connectivity index (χ2v) is 14.1. The normalized spacial score (nSPS) is 29.8. The first-order valence-corrected chi connectivity index (χ1v) is 13.1. The summed E-state index contributed by atoms with van der Waals surface area (Å²) in [5, 5.41) is 3.57. The summed E-state index contributed by atoms with van der Waals surface area (Å²) >= 11 is 0. The summed E-state index contributed by atoms with van der Waals surface area (Å²) in [6.07, 6.45) is 5.79. The fraction of sp³-hybridized carbons (Fsp3) is 0.667. The van der Waals surface area contributed by atoms with E-state index in [1.807, 2.05) is 0 Å². The molecule has 0 unspecified atom stereocenters. The largest absolute Gasteiger partial charge is 0.222 e. The van der Waals surface area contributed by atoms with Gasteiger partial charge in [0.2, 0.25) is 0 Å². The molecule has 0 N–H and O–H groups in total. The maximum atomic E-state index is 8.49. The van der Waals surface area contributed by atoms with Crippen molar-refractivity contribution < 1.29 is 48.4 Å². The zero-order chi connectivity index (χ0) is 18.8. The van der Waals surface area contributed by atoms with E-state index in [9.17, 15) is 0 Å². The molecule has 1 radical (unpaired) electrons. The summed E-state index contributed by atoms with van der Waals surface area (Å²) in [5.41, 5.74) is 3.74. The van der Waals surface area contributed by atoms with Crippen molar-refractivity contribution in [3.63, 3.8) is 0 Å². The molecular weight excluding hydrogens is 481 g/mol. The molecule has 2 fully saturated rings. The van der Waals surface area contributed by atoms with Crippen molar-refractivity contribution in [1.29, 1.82) is 0 Å². The third kappa shape index (κ3) is 6.71. The molecule has 2 aliphatic rings. The van der Waals surface area contributed by atoms with Gasteiger partial charge in [0.1, 0.15) is 0 Å². The number of benzene rings is 1. The summed E-state index contributed by atoms with van der Waals surface area (Å²) < 4.78 is 34.0. The minimum absolute atomic E-state index is 0. The smallest absolute Gasteiger partial charge is 0 e. The van der Waals surface area contributed by atoms with Gasteiger partial charge in [0.05, 0.1) is 0 Å². The number of halogens is 1. The predicted molar refractivity (Wildman–Crippen MR) is 95.9 cm³/mol. The number of hydrogen-bond acceptors (Lipinski definition) is 4. The van der Waals surface area contributed by atoms with Crippen molar-refractivity contribution in [2.45, 2.75) is 76.0 Å². The standard InChI is InChI=1S/C18H28P2.ClHO4.Rh/c1-13-9-10-14(2)19(13)17-7-5-6-8-18(17)20-15(3)11-12-16(20)4;2-1(3,4)5;/h5-8,13-16H,9-12H2,1-4H3;(H,2,3,4,5);/p-1/t13-,14-,15-,16-;;/m0../s1. The van der Waals surface area contributed by atoms with E-state index < -0.39 is 10.2 Å². The molecule has 4 nitrogen and oxygen atoms in total.